The summed E-state index contributed by atoms with van der Waals surface area (Å²) < 4.78 is 5.97. The fraction of sp³-hybridized carbons (Fsp3) is 0.609. The zero-order valence-corrected chi connectivity index (χ0v) is 16.7. The lowest BCUT2D eigenvalue weighted by Crippen LogP contribution is -2.51. The minimum atomic E-state index is 0.262. The first-order chi connectivity index (χ1) is 13.1. The Morgan fingerprint density at radius 2 is 1.93 bits per heavy atom. The van der Waals surface area contributed by atoms with Crippen molar-refractivity contribution in [3.63, 3.8) is 0 Å². The van der Waals surface area contributed by atoms with Crippen molar-refractivity contribution in [3.8, 4) is 5.75 Å². The highest BCUT2D eigenvalue weighted by molar-refractivity contribution is 5.80. The lowest BCUT2D eigenvalue weighted by Gasteiger charge is -2.36. The number of carbonyl (C=O) groups excluding carboxylic acids is 1. The fourth-order valence-corrected chi connectivity index (χ4v) is 4.84. The summed E-state index contributed by atoms with van der Waals surface area (Å²) in [5, 5.41) is 0. The normalized spacial score (nSPS) is 27.3. The van der Waals surface area contributed by atoms with E-state index in [1.165, 1.54) is 17.5 Å². The molecule has 4 rings (SSSR count). The van der Waals surface area contributed by atoms with Gasteiger partial charge in [-0.2, -0.15) is 0 Å². The molecule has 3 aliphatic rings. The van der Waals surface area contributed by atoms with Gasteiger partial charge in [0.1, 0.15) is 5.75 Å². The molecule has 2 fully saturated rings. The van der Waals surface area contributed by atoms with Crippen LogP contribution in [-0.2, 0) is 4.79 Å². The molecule has 0 N–H and O–H groups in total. The third-order valence-electron chi connectivity index (χ3n) is 6.71. The third-order valence-corrected chi connectivity index (χ3v) is 6.71. The molecule has 2 bridgehead atoms. The topological polar surface area (TPSA) is 32.8 Å². The van der Waals surface area contributed by atoms with Crippen LogP contribution in [0.5, 0.6) is 5.75 Å². The van der Waals surface area contributed by atoms with E-state index < -0.39 is 0 Å². The summed E-state index contributed by atoms with van der Waals surface area (Å²) >= 11 is 0. The fourth-order valence-electron chi connectivity index (χ4n) is 4.84. The first-order valence-electron chi connectivity index (χ1n) is 10.5. The molecule has 146 valence electrons. The number of carbonyl (C=O) groups is 1. The van der Waals surface area contributed by atoms with Gasteiger partial charge in [0.2, 0.25) is 5.91 Å². The largest absolute Gasteiger partial charge is 0.493 e. The van der Waals surface area contributed by atoms with Gasteiger partial charge in [-0.3, -0.25) is 9.69 Å². The van der Waals surface area contributed by atoms with Gasteiger partial charge >= 0.3 is 0 Å². The number of nitrogens with zero attached hydrogens (tertiary/aromatic N) is 2. The second-order valence-electron chi connectivity index (χ2n) is 8.45. The summed E-state index contributed by atoms with van der Waals surface area (Å²) in [4.78, 5) is 17.4. The highest BCUT2D eigenvalue weighted by Gasteiger charge is 2.41. The number of hydrogen-bond acceptors (Lipinski definition) is 3. The van der Waals surface area contributed by atoms with E-state index in [9.17, 15) is 4.79 Å². The molecule has 1 saturated carbocycles. The van der Waals surface area contributed by atoms with Crippen molar-refractivity contribution >= 4 is 5.91 Å². The smallest absolute Gasteiger partial charge is 0.226 e. The van der Waals surface area contributed by atoms with Crippen LogP contribution >= 0.6 is 0 Å². The van der Waals surface area contributed by atoms with Crippen molar-refractivity contribution in [1.29, 1.82) is 0 Å². The van der Waals surface area contributed by atoms with Crippen molar-refractivity contribution in [2.45, 2.75) is 33.1 Å². The van der Waals surface area contributed by atoms with E-state index >= 15 is 0 Å². The van der Waals surface area contributed by atoms with Crippen molar-refractivity contribution in [1.82, 2.24) is 9.80 Å². The van der Waals surface area contributed by atoms with E-state index in [2.05, 4.69) is 54.0 Å². The Hall–Kier alpha value is -1.81. The number of hydrogen-bond donors (Lipinski definition) is 0. The molecule has 1 heterocycles. The SMILES string of the molecule is Cc1cccc(OCCCN2CCN(C(=O)[C@@H]3C[C@@H]4C=C[C@H]3C4)CC2)c1C. The lowest BCUT2D eigenvalue weighted by atomic mass is 9.92. The lowest BCUT2D eigenvalue weighted by molar-refractivity contribution is -0.138. The molecule has 0 unspecified atom stereocenters. The average molecular weight is 369 g/mol. The number of allylic oxidation sites excluding steroid dienone is 2. The van der Waals surface area contributed by atoms with Gasteiger partial charge < -0.3 is 9.64 Å². The number of benzene rings is 1. The van der Waals surface area contributed by atoms with Gasteiger partial charge in [0.25, 0.3) is 0 Å². The molecular formula is C23H32N2O2. The Kier molecular flexibility index (Phi) is 5.53. The van der Waals surface area contributed by atoms with Gasteiger partial charge in [0, 0.05) is 38.6 Å². The monoisotopic (exact) mass is 368 g/mol. The van der Waals surface area contributed by atoms with Gasteiger partial charge in [0.05, 0.1) is 6.61 Å². The van der Waals surface area contributed by atoms with E-state index in [-0.39, 0.29) is 5.92 Å². The average Bonchev–Trinajstić information content (AvgIpc) is 3.32. The summed E-state index contributed by atoms with van der Waals surface area (Å²) in [6.07, 6.45) is 7.90. The third kappa shape index (κ3) is 4.06. The quantitative estimate of drug-likeness (QED) is 0.570. The van der Waals surface area contributed by atoms with Crippen LogP contribution in [0, 0.1) is 31.6 Å². The predicted molar refractivity (Wildman–Crippen MR) is 108 cm³/mol. The molecular weight excluding hydrogens is 336 g/mol. The molecule has 1 aromatic carbocycles. The summed E-state index contributed by atoms with van der Waals surface area (Å²) in [7, 11) is 0. The molecule has 3 atom stereocenters. The summed E-state index contributed by atoms with van der Waals surface area (Å²) in [5.41, 5.74) is 2.51. The van der Waals surface area contributed by atoms with Crippen LogP contribution in [0.15, 0.2) is 30.4 Å². The van der Waals surface area contributed by atoms with Crippen LogP contribution in [0.1, 0.15) is 30.4 Å². The van der Waals surface area contributed by atoms with Gasteiger partial charge in [-0.1, -0.05) is 24.3 Å². The zero-order valence-electron chi connectivity index (χ0n) is 16.7. The van der Waals surface area contributed by atoms with Crippen LogP contribution in [0.3, 0.4) is 0 Å². The molecule has 1 aromatic rings. The van der Waals surface area contributed by atoms with Gasteiger partial charge in [-0.15, -0.1) is 0 Å². The van der Waals surface area contributed by atoms with Crippen LogP contribution in [0.4, 0.5) is 0 Å². The number of ether oxygens (including phenoxy) is 1. The Balaban J connectivity index is 1.16. The first-order valence-corrected chi connectivity index (χ1v) is 10.5. The first kappa shape index (κ1) is 18.5. The number of rotatable bonds is 6. The second kappa shape index (κ2) is 8.05. The Labute approximate surface area is 163 Å². The predicted octanol–water partition coefficient (Wildman–Crippen LogP) is 3.43. The Bertz CT molecular complexity index is 706. The summed E-state index contributed by atoms with van der Waals surface area (Å²) in [6, 6.07) is 6.23. The van der Waals surface area contributed by atoms with Gasteiger partial charge in [0.15, 0.2) is 0 Å². The van der Waals surface area contributed by atoms with Crippen molar-refractivity contribution in [3.05, 3.63) is 41.5 Å². The summed E-state index contributed by atoms with van der Waals surface area (Å²) in [5.74, 6) is 2.86. The van der Waals surface area contributed by atoms with Crippen LogP contribution in [-0.4, -0.2) is 55.0 Å². The molecule has 27 heavy (non-hydrogen) atoms. The maximum absolute atomic E-state index is 12.8. The molecule has 0 spiro atoms. The highest BCUT2D eigenvalue weighted by atomic mass is 16.5. The van der Waals surface area contributed by atoms with Gasteiger partial charge in [-0.05, 0) is 62.1 Å². The van der Waals surface area contributed by atoms with Crippen LogP contribution in [0.2, 0.25) is 0 Å². The molecule has 4 heteroatoms. The molecule has 0 aromatic heterocycles. The maximum atomic E-state index is 12.8. The molecule has 1 amide bonds. The van der Waals surface area contributed by atoms with Crippen molar-refractivity contribution < 1.29 is 9.53 Å². The number of piperazine rings is 1. The molecule has 4 nitrogen and oxygen atoms in total. The van der Waals surface area contributed by atoms with E-state index in [1.54, 1.807) is 0 Å². The van der Waals surface area contributed by atoms with Gasteiger partial charge in [-0.25, -0.2) is 0 Å². The molecule has 2 aliphatic carbocycles. The maximum Gasteiger partial charge on any atom is 0.226 e. The van der Waals surface area contributed by atoms with E-state index in [0.717, 1.165) is 57.9 Å². The highest BCUT2D eigenvalue weighted by Crippen LogP contribution is 2.44. The Morgan fingerprint density at radius 1 is 1.11 bits per heavy atom. The number of amides is 1. The second-order valence-corrected chi connectivity index (χ2v) is 8.45. The van der Waals surface area contributed by atoms with Crippen molar-refractivity contribution in [2.24, 2.45) is 17.8 Å². The van der Waals surface area contributed by atoms with E-state index in [0.29, 0.717) is 17.7 Å². The van der Waals surface area contributed by atoms with E-state index in [4.69, 9.17) is 4.74 Å². The minimum Gasteiger partial charge on any atom is -0.493 e. The van der Waals surface area contributed by atoms with E-state index in [1.807, 2.05) is 0 Å². The number of fused-ring (bicyclic) bond motifs is 2. The standard InChI is InChI=1S/C23H32N2O2/c1-17-5-3-6-22(18(17)2)27-14-4-9-24-10-12-25(13-11-24)23(26)21-16-19-7-8-20(21)15-19/h3,5-8,19-21H,4,9-16H2,1-2H3/t19-,20+,21-/m1/s1. The van der Waals surface area contributed by atoms with Crippen LogP contribution in [0.25, 0.3) is 0 Å². The number of aryl methyl sites for hydroxylation is 1. The summed E-state index contributed by atoms with van der Waals surface area (Å²) in [6.45, 7) is 9.79. The van der Waals surface area contributed by atoms with Crippen molar-refractivity contribution in [2.75, 3.05) is 39.3 Å². The molecule has 0 radical (unpaired) electrons. The minimum absolute atomic E-state index is 0.262. The molecule has 1 saturated heterocycles. The molecule has 1 aliphatic heterocycles. The Morgan fingerprint density at radius 3 is 2.63 bits per heavy atom. The zero-order chi connectivity index (χ0) is 18.8. The van der Waals surface area contributed by atoms with Crippen LogP contribution < -0.4 is 4.74 Å².